The monoisotopic (exact) mass is 488 g/mol. The van der Waals surface area contributed by atoms with Gasteiger partial charge in [-0.3, -0.25) is 9.52 Å². The molecule has 1 amide bonds. The molecule has 0 spiro atoms. The van der Waals surface area contributed by atoms with Crippen LogP contribution in [-0.2, 0) is 27.7 Å². The number of hydrogen-bond donors (Lipinski definition) is 1. The van der Waals surface area contributed by atoms with Crippen LogP contribution in [0.4, 0.5) is 11.4 Å². The first-order chi connectivity index (χ1) is 16.8. The number of benzene rings is 2. The van der Waals surface area contributed by atoms with Crippen molar-refractivity contribution in [1.82, 2.24) is 9.38 Å². The fraction of sp³-hybridized carbons (Fsp3) is 0.231. The van der Waals surface area contributed by atoms with Crippen LogP contribution in [0.5, 0.6) is 5.75 Å². The maximum absolute atomic E-state index is 13.5. The van der Waals surface area contributed by atoms with Gasteiger partial charge >= 0.3 is 0 Å². The van der Waals surface area contributed by atoms with Gasteiger partial charge in [0.05, 0.1) is 29.1 Å². The number of amides is 1. The van der Waals surface area contributed by atoms with Crippen molar-refractivity contribution in [2.24, 2.45) is 0 Å². The molecule has 2 aromatic carbocycles. The van der Waals surface area contributed by atoms with Crippen LogP contribution in [0.1, 0.15) is 23.1 Å². The number of nitrogens with one attached hydrogen (secondary N) is 1. The molecule has 2 aromatic heterocycles. The zero-order valence-electron chi connectivity index (χ0n) is 19.4. The fourth-order valence-electron chi connectivity index (χ4n) is 4.95. The summed E-state index contributed by atoms with van der Waals surface area (Å²) in [5, 5.41) is 0. The molecule has 1 N–H and O–H groups in total. The Kier molecular flexibility index (Phi) is 4.86. The lowest BCUT2D eigenvalue weighted by Crippen LogP contribution is -2.33. The number of aromatic nitrogens is 2. The molecule has 0 bridgehead atoms. The predicted octanol–water partition coefficient (Wildman–Crippen LogP) is 3.95. The summed E-state index contributed by atoms with van der Waals surface area (Å²) in [6.45, 7) is 2.61. The Hall–Kier alpha value is -3.85. The van der Waals surface area contributed by atoms with E-state index in [1.165, 1.54) is 7.11 Å². The van der Waals surface area contributed by atoms with Gasteiger partial charge in [0.2, 0.25) is 5.91 Å². The first kappa shape index (κ1) is 21.7. The minimum atomic E-state index is -3.90. The third kappa shape index (κ3) is 3.63. The van der Waals surface area contributed by atoms with Crippen molar-refractivity contribution in [3.8, 4) is 17.0 Å². The van der Waals surface area contributed by atoms with E-state index in [-0.39, 0.29) is 10.8 Å². The lowest BCUT2D eigenvalue weighted by molar-refractivity contribution is -0.118. The Morgan fingerprint density at radius 1 is 1.03 bits per heavy atom. The van der Waals surface area contributed by atoms with Crippen molar-refractivity contribution in [2.45, 2.75) is 31.1 Å². The van der Waals surface area contributed by atoms with Gasteiger partial charge in [0, 0.05) is 30.9 Å². The van der Waals surface area contributed by atoms with Gasteiger partial charge in [-0.15, -0.1) is 0 Å². The van der Waals surface area contributed by atoms with Gasteiger partial charge in [0.15, 0.2) is 0 Å². The molecule has 178 valence electrons. The number of sulfonamides is 1. The largest absolute Gasteiger partial charge is 0.495 e. The standard InChI is InChI=1S/C26H24N4O4S/c1-16-7-9-29-15-22(27-24(29)11-16)17-3-5-23(34-2)21(14-17)28-35(32,33)20-12-18-4-6-25(31)30-10-8-19(13-20)26(18)30/h3,5,7,9,11-15,28H,4,6,8,10H2,1-2H3. The molecule has 0 atom stereocenters. The second-order valence-electron chi connectivity index (χ2n) is 9.00. The molecule has 0 saturated heterocycles. The molecule has 0 aliphatic carbocycles. The van der Waals surface area contributed by atoms with Crippen LogP contribution in [0.15, 0.2) is 59.8 Å². The van der Waals surface area contributed by atoms with Crippen molar-refractivity contribution < 1.29 is 17.9 Å². The smallest absolute Gasteiger partial charge is 0.262 e. The van der Waals surface area contributed by atoms with Gasteiger partial charge < -0.3 is 14.0 Å². The third-order valence-electron chi connectivity index (χ3n) is 6.69. The molecule has 6 rings (SSSR count). The molecule has 0 unspecified atom stereocenters. The number of aryl methyl sites for hydroxylation is 2. The number of anilines is 2. The van der Waals surface area contributed by atoms with Gasteiger partial charge in [-0.1, -0.05) is 0 Å². The number of carbonyl (C=O) groups is 1. The highest BCUT2D eigenvalue weighted by Gasteiger charge is 2.33. The topological polar surface area (TPSA) is 93.0 Å². The summed E-state index contributed by atoms with van der Waals surface area (Å²) in [4.78, 5) is 18.9. The first-order valence-corrected chi connectivity index (χ1v) is 12.9. The summed E-state index contributed by atoms with van der Waals surface area (Å²) >= 11 is 0. The molecule has 35 heavy (non-hydrogen) atoms. The SMILES string of the molecule is COc1ccc(-c2cn3ccc(C)cc3n2)cc1NS(=O)(=O)c1cc2c3c(c1)CCN3C(=O)CC2. The number of carbonyl (C=O) groups excluding carboxylic acids is 1. The highest BCUT2D eigenvalue weighted by molar-refractivity contribution is 7.92. The number of fused-ring (bicyclic) bond motifs is 1. The second-order valence-corrected chi connectivity index (χ2v) is 10.7. The molecule has 4 aromatic rings. The summed E-state index contributed by atoms with van der Waals surface area (Å²) < 4.78 is 37.0. The predicted molar refractivity (Wildman–Crippen MR) is 134 cm³/mol. The molecule has 2 aliphatic heterocycles. The molecule has 0 saturated carbocycles. The minimum Gasteiger partial charge on any atom is -0.495 e. The van der Waals surface area contributed by atoms with Crippen LogP contribution in [0.3, 0.4) is 0 Å². The number of ether oxygens (including phenoxy) is 1. The van der Waals surface area contributed by atoms with E-state index in [0.29, 0.717) is 37.2 Å². The van der Waals surface area contributed by atoms with Gasteiger partial charge in [0.1, 0.15) is 11.4 Å². The lowest BCUT2D eigenvalue weighted by Gasteiger charge is -2.25. The molecule has 4 heterocycles. The molecule has 0 fully saturated rings. The molecular formula is C26H24N4O4S. The number of hydrogen-bond acceptors (Lipinski definition) is 5. The Balaban J connectivity index is 1.37. The average molecular weight is 489 g/mol. The Labute approximate surface area is 203 Å². The molecular weight excluding hydrogens is 464 g/mol. The zero-order valence-corrected chi connectivity index (χ0v) is 20.2. The first-order valence-electron chi connectivity index (χ1n) is 11.5. The molecule has 0 radical (unpaired) electrons. The van der Waals surface area contributed by atoms with E-state index < -0.39 is 10.0 Å². The number of imidazole rings is 1. The van der Waals surface area contributed by atoms with E-state index in [0.717, 1.165) is 39.3 Å². The summed E-state index contributed by atoms with van der Waals surface area (Å²) in [7, 11) is -2.39. The quantitative estimate of drug-likeness (QED) is 0.459. The van der Waals surface area contributed by atoms with Crippen LogP contribution in [-0.4, -0.2) is 37.4 Å². The zero-order chi connectivity index (χ0) is 24.3. The maximum atomic E-state index is 13.5. The van der Waals surface area contributed by atoms with Gasteiger partial charge in [-0.05, 0) is 78.9 Å². The van der Waals surface area contributed by atoms with Gasteiger partial charge in [-0.25, -0.2) is 13.4 Å². The highest BCUT2D eigenvalue weighted by atomic mass is 32.2. The Morgan fingerprint density at radius 3 is 2.63 bits per heavy atom. The Bertz CT molecular complexity index is 1620. The van der Waals surface area contributed by atoms with Crippen LogP contribution < -0.4 is 14.4 Å². The second kappa shape index (κ2) is 7.84. The van der Waals surface area contributed by atoms with Crippen molar-refractivity contribution in [2.75, 3.05) is 23.3 Å². The van der Waals surface area contributed by atoms with Crippen molar-refractivity contribution in [3.05, 3.63) is 71.5 Å². The van der Waals surface area contributed by atoms with Crippen molar-refractivity contribution in [1.29, 1.82) is 0 Å². The van der Waals surface area contributed by atoms with E-state index in [1.54, 1.807) is 29.2 Å². The molecule has 2 aliphatic rings. The summed E-state index contributed by atoms with van der Waals surface area (Å²) in [6.07, 6.45) is 5.46. The highest BCUT2D eigenvalue weighted by Crippen LogP contribution is 2.39. The third-order valence-corrected chi connectivity index (χ3v) is 8.04. The van der Waals surface area contributed by atoms with E-state index >= 15 is 0 Å². The number of pyridine rings is 1. The van der Waals surface area contributed by atoms with Crippen LogP contribution in [0.2, 0.25) is 0 Å². The molecule has 8 nitrogen and oxygen atoms in total. The number of nitrogens with zero attached hydrogens (tertiary/aromatic N) is 3. The lowest BCUT2D eigenvalue weighted by atomic mass is 10.00. The van der Waals surface area contributed by atoms with Crippen molar-refractivity contribution in [3.63, 3.8) is 0 Å². The van der Waals surface area contributed by atoms with Crippen LogP contribution >= 0.6 is 0 Å². The van der Waals surface area contributed by atoms with Crippen LogP contribution in [0.25, 0.3) is 16.9 Å². The van der Waals surface area contributed by atoms with E-state index in [2.05, 4.69) is 9.71 Å². The normalized spacial score (nSPS) is 14.9. The fourth-order valence-corrected chi connectivity index (χ4v) is 6.12. The maximum Gasteiger partial charge on any atom is 0.262 e. The molecule has 9 heteroatoms. The minimum absolute atomic E-state index is 0.105. The summed E-state index contributed by atoms with van der Waals surface area (Å²) in [6, 6.07) is 12.7. The van der Waals surface area contributed by atoms with Crippen molar-refractivity contribution >= 4 is 33.0 Å². The van der Waals surface area contributed by atoms with E-state index in [9.17, 15) is 13.2 Å². The Morgan fingerprint density at radius 2 is 1.83 bits per heavy atom. The summed E-state index contributed by atoms with van der Waals surface area (Å²) in [5.74, 6) is 0.518. The van der Waals surface area contributed by atoms with E-state index in [4.69, 9.17) is 4.74 Å². The number of rotatable bonds is 5. The average Bonchev–Trinajstić information content (AvgIpc) is 3.46. The van der Waals surface area contributed by atoms with E-state index in [1.807, 2.05) is 41.9 Å². The number of methoxy groups -OCH3 is 1. The van der Waals surface area contributed by atoms with Gasteiger partial charge in [-0.2, -0.15) is 0 Å². The summed E-state index contributed by atoms with van der Waals surface area (Å²) in [5.41, 5.74) is 6.45. The van der Waals surface area contributed by atoms with Crippen LogP contribution in [0, 0.1) is 6.92 Å². The van der Waals surface area contributed by atoms with Gasteiger partial charge in [0.25, 0.3) is 10.0 Å².